The highest BCUT2D eigenvalue weighted by molar-refractivity contribution is 8.01. The number of aryl methyl sites for hydroxylation is 1. The Balaban J connectivity index is 1.40. The zero-order valence-electron chi connectivity index (χ0n) is 16.2. The zero-order chi connectivity index (χ0) is 21.1. The van der Waals surface area contributed by atoms with Crippen molar-refractivity contribution in [1.82, 2.24) is 10.2 Å². The minimum atomic E-state index is -0.248. The van der Waals surface area contributed by atoms with Crippen molar-refractivity contribution in [3.63, 3.8) is 0 Å². The maximum absolute atomic E-state index is 12.4. The second kappa shape index (κ2) is 8.57. The summed E-state index contributed by atoms with van der Waals surface area (Å²) in [7, 11) is 0. The fraction of sp³-hybridized carbons (Fsp3) is 0.143. The minimum absolute atomic E-state index is 0.0884. The Morgan fingerprint density at radius 2 is 2.03 bits per heavy atom. The van der Waals surface area contributed by atoms with Gasteiger partial charge in [0, 0.05) is 11.1 Å². The van der Waals surface area contributed by atoms with Crippen LogP contribution in [0.1, 0.15) is 16.9 Å². The molecule has 0 aliphatic rings. The second-order valence-corrected chi connectivity index (χ2v) is 8.70. The van der Waals surface area contributed by atoms with Crippen LogP contribution in [0.4, 0.5) is 16.5 Å². The fourth-order valence-electron chi connectivity index (χ4n) is 2.87. The molecule has 0 saturated heterocycles. The Bertz CT molecular complexity index is 1270. The van der Waals surface area contributed by atoms with E-state index < -0.39 is 0 Å². The molecule has 7 nitrogen and oxygen atoms in total. The molecule has 0 aliphatic carbocycles. The van der Waals surface area contributed by atoms with Gasteiger partial charge in [-0.15, -0.1) is 10.2 Å². The number of hydrogen-bond acceptors (Lipinski definition) is 8. The van der Waals surface area contributed by atoms with Crippen molar-refractivity contribution in [2.45, 2.75) is 18.2 Å². The van der Waals surface area contributed by atoms with Crippen LogP contribution in [0.25, 0.3) is 11.0 Å². The van der Waals surface area contributed by atoms with Gasteiger partial charge in [-0.1, -0.05) is 47.4 Å². The summed E-state index contributed by atoms with van der Waals surface area (Å²) in [6.07, 6.45) is 0. The molecule has 0 saturated carbocycles. The van der Waals surface area contributed by atoms with Gasteiger partial charge >= 0.3 is 0 Å². The Morgan fingerprint density at radius 3 is 2.87 bits per heavy atom. The number of rotatable bonds is 6. The van der Waals surface area contributed by atoms with E-state index >= 15 is 0 Å². The van der Waals surface area contributed by atoms with Crippen LogP contribution >= 0.6 is 23.1 Å². The lowest BCUT2D eigenvalue weighted by molar-refractivity contribution is -0.113. The number of amides is 1. The van der Waals surface area contributed by atoms with Crippen LogP contribution in [0.15, 0.2) is 51.2 Å². The predicted molar refractivity (Wildman–Crippen MR) is 119 cm³/mol. The molecule has 0 unspecified atom stereocenters. The highest BCUT2D eigenvalue weighted by Crippen LogP contribution is 2.32. The molecule has 0 spiro atoms. The second-order valence-electron chi connectivity index (χ2n) is 6.50. The Kier molecular flexibility index (Phi) is 5.70. The molecule has 4 aromatic rings. The first kappa shape index (κ1) is 19.9. The van der Waals surface area contributed by atoms with E-state index in [1.165, 1.54) is 28.7 Å². The van der Waals surface area contributed by atoms with Crippen molar-refractivity contribution < 1.29 is 9.21 Å². The first-order chi connectivity index (χ1) is 14.5. The number of anilines is 3. The number of furan rings is 1. The van der Waals surface area contributed by atoms with Crippen molar-refractivity contribution in [3.05, 3.63) is 59.4 Å². The molecule has 0 bridgehead atoms. The smallest absolute Gasteiger partial charge is 0.234 e. The maximum atomic E-state index is 12.4. The zero-order valence-corrected chi connectivity index (χ0v) is 17.9. The van der Waals surface area contributed by atoms with Gasteiger partial charge in [0.05, 0.1) is 5.75 Å². The molecule has 2 heterocycles. The number of para-hydroxylation sites is 1. The third-order valence-electron chi connectivity index (χ3n) is 4.54. The summed E-state index contributed by atoms with van der Waals surface area (Å²) < 4.78 is 6.16. The SMILES string of the molecule is Cc1cccc(Nc2nnc(SCC(=O)Nc3c(C#N)oc4ccccc34)s2)c1C. The monoisotopic (exact) mass is 435 g/mol. The largest absolute Gasteiger partial charge is 0.443 e. The van der Waals surface area contributed by atoms with Gasteiger partial charge in [-0.05, 0) is 43.2 Å². The number of hydrogen-bond donors (Lipinski definition) is 2. The molecular formula is C21H17N5O2S2. The van der Waals surface area contributed by atoms with E-state index in [0.29, 0.717) is 26.1 Å². The van der Waals surface area contributed by atoms with E-state index in [1.807, 2.05) is 37.3 Å². The summed E-state index contributed by atoms with van der Waals surface area (Å²) in [5.74, 6) is -0.0181. The fourth-order valence-corrected chi connectivity index (χ4v) is 4.44. The summed E-state index contributed by atoms with van der Waals surface area (Å²) in [5.41, 5.74) is 4.29. The van der Waals surface area contributed by atoms with Crippen molar-refractivity contribution in [1.29, 1.82) is 5.26 Å². The van der Waals surface area contributed by atoms with Crippen LogP contribution in [0, 0.1) is 25.2 Å². The van der Waals surface area contributed by atoms with Crippen LogP contribution in [0.2, 0.25) is 0 Å². The number of nitrogens with one attached hydrogen (secondary N) is 2. The van der Waals surface area contributed by atoms with Gasteiger partial charge in [-0.3, -0.25) is 4.79 Å². The Morgan fingerprint density at radius 1 is 1.20 bits per heavy atom. The van der Waals surface area contributed by atoms with E-state index in [2.05, 4.69) is 33.8 Å². The average molecular weight is 436 g/mol. The van der Waals surface area contributed by atoms with Crippen molar-refractivity contribution in [3.8, 4) is 6.07 Å². The summed E-state index contributed by atoms with van der Waals surface area (Å²) in [6, 6.07) is 15.2. The highest BCUT2D eigenvalue weighted by Gasteiger charge is 2.17. The van der Waals surface area contributed by atoms with Gasteiger partial charge in [-0.2, -0.15) is 5.26 Å². The normalized spacial score (nSPS) is 10.7. The van der Waals surface area contributed by atoms with Crippen LogP contribution in [0.3, 0.4) is 0 Å². The van der Waals surface area contributed by atoms with Crippen LogP contribution in [-0.4, -0.2) is 21.9 Å². The standard InChI is InChI=1S/C21H17N5O2S2/c1-12-6-5-8-15(13(12)2)23-20-25-26-21(30-20)29-11-18(27)24-19-14-7-3-4-9-16(14)28-17(19)10-22/h3-9H,11H2,1-2H3,(H,23,25)(H,24,27). The molecule has 2 N–H and O–H groups in total. The summed E-state index contributed by atoms with van der Waals surface area (Å²) >= 11 is 2.67. The number of aromatic nitrogens is 2. The number of thioether (sulfide) groups is 1. The van der Waals surface area contributed by atoms with Crippen molar-refractivity contribution >= 4 is 56.5 Å². The third kappa shape index (κ3) is 4.15. The number of carbonyl (C=O) groups is 1. The van der Waals surface area contributed by atoms with E-state index in [-0.39, 0.29) is 17.4 Å². The predicted octanol–water partition coefficient (Wildman–Crippen LogP) is 5.25. The lowest BCUT2D eigenvalue weighted by Gasteiger charge is -2.08. The first-order valence-electron chi connectivity index (χ1n) is 9.06. The highest BCUT2D eigenvalue weighted by atomic mass is 32.2. The molecular weight excluding hydrogens is 418 g/mol. The molecule has 0 fully saturated rings. The van der Waals surface area contributed by atoms with Gasteiger partial charge in [-0.25, -0.2) is 0 Å². The van der Waals surface area contributed by atoms with Gasteiger partial charge in [0.25, 0.3) is 0 Å². The lowest BCUT2D eigenvalue weighted by atomic mass is 10.1. The van der Waals surface area contributed by atoms with Crippen LogP contribution < -0.4 is 10.6 Å². The number of carbonyl (C=O) groups excluding carboxylic acids is 1. The molecule has 2 aromatic heterocycles. The lowest BCUT2D eigenvalue weighted by Crippen LogP contribution is -2.14. The van der Waals surface area contributed by atoms with Gasteiger partial charge in [0.2, 0.25) is 16.8 Å². The number of nitriles is 1. The summed E-state index contributed by atoms with van der Waals surface area (Å²) in [5, 5.41) is 25.0. The first-order valence-corrected chi connectivity index (χ1v) is 10.9. The molecule has 0 aliphatic heterocycles. The van der Waals surface area contributed by atoms with Gasteiger partial charge in [0.15, 0.2) is 4.34 Å². The molecule has 4 rings (SSSR count). The topological polar surface area (TPSA) is 104 Å². The van der Waals surface area contributed by atoms with Gasteiger partial charge < -0.3 is 15.1 Å². The van der Waals surface area contributed by atoms with E-state index in [9.17, 15) is 10.1 Å². The molecule has 9 heteroatoms. The quantitative estimate of drug-likeness (QED) is 0.399. The van der Waals surface area contributed by atoms with E-state index in [1.54, 1.807) is 12.1 Å². The maximum Gasteiger partial charge on any atom is 0.234 e. The van der Waals surface area contributed by atoms with Gasteiger partial charge in [0.1, 0.15) is 17.3 Å². The molecule has 0 atom stereocenters. The van der Waals surface area contributed by atoms with Crippen LogP contribution in [0.5, 0.6) is 0 Å². The van der Waals surface area contributed by atoms with E-state index in [0.717, 1.165) is 11.3 Å². The van der Waals surface area contributed by atoms with Crippen LogP contribution in [-0.2, 0) is 4.79 Å². The van der Waals surface area contributed by atoms with E-state index in [4.69, 9.17) is 4.42 Å². The molecule has 150 valence electrons. The third-order valence-corrected chi connectivity index (χ3v) is 6.51. The Labute approximate surface area is 181 Å². The molecule has 30 heavy (non-hydrogen) atoms. The molecule has 0 radical (unpaired) electrons. The number of fused-ring (bicyclic) bond motifs is 1. The number of nitrogens with zero attached hydrogens (tertiary/aromatic N) is 3. The van der Waals surface area contributed by atoms with Crippen molar-refractivity contribution in [2.24, 2.45) is 0 Å². The molecule has 2 aromatic carbocycles. The summed E-state index contributed by atoms with van der Waals surface area (Å²) in [4.78, 5) is 12.4. The Hall–Kier alpha value is -3.35. The number of benzene rings is 2. The van der Waals surface area contributed by atoms with Crippen molar-refractivity contribution in [2.75, 3.05) is 16.4 Å². The average Bonchev–Trinajstić information content (AvgIpc) is 3.34. The molecule has 1 amide bonds. The minimum Gasteiger partial charge on any atom is -0.443 e. The summed E-state index contributed by atoms with van der Waals surface area (Å²) in [6.45, 7) is 4.11.